The van der Waals surface area contributed by atoms with Crippen LogP contribution in [-0.4, -0.2) is 20.3 Å². The van der Waals surface area contributed by atoms with Crippen molar-refractivity contribution in [2.45, 2.75) is 0 Å². The fourth-order valence-electron chi connectivity index (χ4n) is 0.921. The summed E-state index contributed by atoms with van der Waals surface area (Å²) in [4.78, 5) is 0. The van der Waals surface area contributed by atoms with E-state index in [0.29, 0.717) is 6.61 Å². The Hall–Kier alpha value is -0.360. The molecule has 0 aromatic heterocycles. The second-order valence-corrected chi connectivity index (χ2v) is 3.71. The van der Waals surface area contributed by atoms with Crippen LogP contribution in [0.15, 0.2) is 18.2 Å². The molecule has 0 radical (unpaired) electrons. The Morgan fingerprint density at radius 2 is 2.31 bits per heavy atom. The third-order valence-electron chi connectivity index (χ3n) is 1.55. The van der Waals surface area contributed by atoms with Gasteiger partial charge in [0, 0.05) is 22.9 Å². The number of rotatable bonds is 4. The summed E-state index contributed by atoms with van der Waals surface area (Å²) < 4.78 is 18.4. The zero-order chi connectivity index (χ0) is 9.68. The third kappa shape index (κ3) is 3.48. The Balaban J connectivity index is 2.56. The molecule has 0 fully saturated rings. The summed E-state index contributed by atoms with van der Waals surface area (Å²) in [5.41, 5.74) is 0.944. The lowest BCUT2D eigenvalue weighted by atomic mass is 10.3. The highest BCUT2D eigenvalue weighted by atomic mass is 127. The van der Waals surface area contributed by atoms with Crippen LogP contribution in [-0.2, 0) is 4.74 Å². The van der Waals surface area contributed by atoms with Crippen molar-refractivity contribution in [2.24, 2.45) is 0 Å². The van der Waals surface area contributed by atoms with Crippen LogP contribution in [0.3, 0.4) is 0 Å². The van der Waals surface area contributed by atoms with Crippen molar-refractivity contribution in [1.82, 2.24) is 0 Å². The Labute approximate surface area is 90.6 Å². The number of methoxy groups -OCH3 is 1. The van der Waals surface area contributed by atoms with Crippen LogP contribution in [0.1, 0.15) is 0 Å². The van der Waals surface area contributed by atoms with Crippen molar-refractivity contribution in [2.75, 3.05) is 25.6 Å². The van der Waals surface area contributed by atoms with Crippen molar-refractivity contribution in [3.05, 3.63) is 27.6 Å². The number of benzene rings is 1. The van der Waals surface area contributed by atoms with E-state index in [4.69, 9.17) is 4.74 Å². The monoisotopic (exact) mass is 295 g/mol. The van der Waals surface area contributed by atoms with Crippen LogP contribution in [0, 0.1) is 9.39 Å². The Bertz CT molecular complexity index is 280. The molecule has 0 aliphatic heterocycles. The minimum absolute atomic E-state index is 0.207. The molecule has 0 aliphatic carbocycles. The second kappa shape index (κ2) is 5.39. The molecule has 1 aromatic rings. The van der Waals surface area contributed by atoms with Crippen LogP contribution in [0.25, 0.3) is 0 Å². The minimum Gasteiger partial charge on any atom is -0.383 e. The van der Waals surface area contributed by atoms with Gasteiger partial charge in [0.1, 0.15) is 5.82 Å². The summed E-state index contributed by atoms with van der Waals surface area (Å²) >= 11 is 2.09. The molecule has 0 aliphatic rings. The lowest BCUT2D eigenvalue weighted by molar-refractivity contribution is 0.211. The summed E-state index contributed by atoms with van der Waals surface area (Å²) in [6, 6.07) is 4.67. The highest BCUT2D eigenvalue weighted by molar-refractivity contribution is 14.1. The summed E-state index contributed by atoms with van der Waals surface area (Å²) in [5.74, 6) is -0.207. The lowest BCUT2D eigenvalue weighted by Gasteiger charge is -2.07. The number of hydrogen-bond donors (Lipinski definition) is 1. The molecule has 0 bridgehead atoms. The zero-order valence-corrected chi connectivity index (χ0v) is 9.47. The standard InChI is InChI=1S/C9H11FINO/c1-13-5-4-12-9-3-2-7(10)6-8(9)11/h2-3,6,12H,4-5H2,1H3. The highest BCUT2D eigenvalue weighted by Crippen LogP contribution is 2.18. The van der Waals surface area contributed by atoms with E-state index in [1.54, 1.807) is 13.2 Å². The molecule has 0 saturated heterocycles. The first-order chi connectivity index (χ1) is 6.24. The zero-order valence-electron chi connectivity index (χ0n) is 7.31. The summed E-state index contributed by atoms with van der Waals surface area (Å²) in [7, 11) is 1.65. The van der Waals surface area contributed by atoms with Crippen LogP contribution in [0.2, 0.25) is 0 Å². The van der Waals surface area contributed by atoms with Crippen molar-refractivity contribution in [3.8, 4) is 0 Å². The Morgan fingerprint density at radius 1 is 1.54 bits per heavy atom. The van der Waals surface area contributed by atoms with E-state index in [0.717, 1.165) is 15.8 Å². The molecule has 72 valence electrons. The lowest BCUT2D eigenvalue weighted by Crippen LogP contribution is -2.08. The van der Waals surface area contributed by atoms with Gasteiger partial charge in [-0.3, -0.25) is 0 Å². The van der Waals surface area contributed by atoms with E-state index in [2.05, 4.69) is 27.9 Å². The molecule has 2 nitrogen and oxygen atoms in total. The number of hydrogen-bond acceptors (Lipinski definition) is 2. The average molecular weight is 295 g/mol. The fourth-order valence-corrected chi connectivity index (χ4v) is 1.59. The van der Waals surface area contributed by atoms with Gasteiger partial charge in [-0.05, 0) is 40.8 Å². The van der Waals surface area contributed by atoms with Crippen LogP contribution in [0.4, 0.5) is 10.1 Å². The number of nitrogens with one attached hydrogen (secondary N) is 1. The van der Waals surface area contributed by atoms with E-state index in [1.165, 1.54) is 12.1 Å². The van der Waals surface area contributed by atoms with Crippen LogP contribution >= 0.6 is 22.6 Å². The van der Waals surface area contributed by atoms with Crippen molar-refractivity contribution < 1.29 is 9.13 Å². The topological polar surface area (TPSA) is 21.3 Å². The molecule has 1 N–H and O–H groups in total. The predicted octanol–water partition coefficient (Wildman–Crippen LogP) is 2.49. The maximum atomic E-state index is 12.7. The molecule has 0 amide bonds. The molecule has 4 heteroatoms. The van der Waals surface area contributed by atoms with E-state index in [-0.39, 0.29) is 5.82 Å². The van der Waals surface area contributed by atoms with Gasteiger partial charge in [-0.2, -0.15) is 0 Å². The first-order valence-electron chi connectivity index (χ1n) is 3.92. The normalized spacial score (nSPS) is 10.1. The van der Waals surface area contributed by atoms with Gasteiger partial charge in [0.25, 0.3) is 0 Å². The van der Waals surface area contributed by atoms with Crippen molar-refractivity contribution >= 4 is 28.3 Å². The number of ether oxygens (including phenoxy) is 1. The molecule has 0 atom stereocenters. The maximum Gasteiger partial charge on any atom is 0.124 e. The van der Waals surface area contributed by atoms with Crippen LogP contribution < -0.4 is 5.32 Å². The SMILES string of the molecule is COCCNc1ccc(F)cc1I. The average Bonchev–Trinajstić information content (AvgIpc) is 2.09. The second-order valence-electron chi connectivity index (χ2n) is 2.54. The maximum absolute atomic E-state index is 12.7. The van der Waals surface area contributed by atoms with Gasteiger partial charge in [0.15, 0.2) is 0 Å². The first kappa shape index (κ1) is 10.7. The third-order valence-corrected chi connectivity index (χ3v) is 2.45. The molecular weight excluding hydrogens is 284 g/mol. The summed E-state index contributed by atoms with van der Waals surface area (Å²) in [6.07, 6.45) is 0. The molecule has 13 heavy (non-hydrogen) atoms. The molecule has 0 unspecified atom stereocenters. The van der Waals surface area contributed by atoms with E-state index in [9.17, 15) is 4.39 Å². The fraction of sp³-hybridized carbons (Fsp3) is 0.333. The summed E-state index contributed by atoms with van der Waals surface area (Å²) in [6.45, 7) is 1.38. The van der Waals surface area contributed by atoms with E-state index in [1.807, 2.05) is 0 Å². The Morgan fingerprint density at radius 3 is 2.92 bits per heavy atom. The molecule has 0 heterocycles. The molecular formula is C9H11FINO. The van der Waals surface area contributed by atoms with Gasteiger partial charge < -0.3 is 10.1 Å². The number of halogens is 2. The predicted molar refractivity (Wildman–Crippen MR) is 59.5 cm³/mol. The largest absolute Gasteiger partial charge is 0.383 e. The van der Waals surface area contributed by atoms with Crippen molar-refractivity contribution in [1.29, 1.82) is 0 Å². The molecule has 0 spiro atoms. The number of anilines is 1. The van der Waals surface area contributed by atoms with Gasteiger partial charge in [-0.15, -0.1) is 0 Å². The highest BCUT2D eigenvalue weighted by Gasteiger charge is 1.99. The van der Waals surface area contributed by atoms with Gasteiger partial charge in [-0.25, -0.2) is 4.39 Å². The minimum atomic E-state index is -0.207. The smallest absolute Gasteiger partial charge is 0.124 e. The van der Waals surface area contributed by atoms with Crippen molar-refractivity contribution in [3.63, 3.8) is 0 Å². The molecule has 0 saturated carbocycles. The van der Waals surface area contributed by atoms with E-state index < -0.39 is 0 Å². The summed E-state index contributed by atoms with van der Waals surface area (Å²) in [5, 5.41) is 3.14. The van der Waals surface area contributed by atoms with E-state index >= 15 is 0 Å². The molecule has 1 rings (SSSR count). The Kier molecular flexibility index (Phi) is 4.44. The van der Waals surface area contributed by atoms with Gasteiger partial charge in [-0.1, -0.05) is 0 Å². The van der Waals surface area contributed by atoms with Gasteiger partial charge in [0.2, 0.25) is 0 Å². The molecule has 1 aromatic carbocycles. The van der Waals surface area contributed by atoms with Gasteiger partial charge in [0.05, 0.1) is 6.61 Å². The first-order valence-corrected chi connectivity index (χ1v) is 5.00. The quantitative estimate of drug-likeness (QED) is 0.680. The van der Waals surface area contributed by atoms with Gasteiger partial charge >= 0.3 is 0 Å². The van der Waals surface area contributed by atoms with Crippen LogP contribution in [0.5, 0.6) is 0 Å².